The molecule has 2 nitrogen and oxygen atoms in total. The second kappa shape index (κ2) is 4.72. The minimum Gasteiger partial charge on any atom is -0.389 e. The molecule has 0 aliphatic carbocycles. The number of nitrogens with one attached hydrogen (secondary N) is 1. The van der Waals surface area contributed by atoms with Gasteiger partial charge in [0.15, 0.2) is 0 Å². The van der Waals surface area contributed by atoms with Gasteiger partial charge in [0.25, 0.3) is 0 Å². The molecule has 3 aromatic rings. The third-order valence-electron chi connectivity index (χ3n) is 3.35. The van der Waals surface area contributed by atoms with Crippen LogP contribution in [0.15, 0.2) is 42.5 Å². The van der Waals surface area contributed by atoms with E-state index in [1.165, 1.54) is 17.7 Å². The molecule has 0 radical (unpaired) electrons. The van der Waals surface area contributed by atoms with E-state index < -0.39 is 0 Å². The van der Waals surface area contributed by atoms with Crippen LogP contribution >= 0.6 is 12.2 Å². The predicted molar refractivity (Wildman–Crippen MR) is 84.3 cm³/mol. The molecular formula is C16H13FN2S. The summed E-state index contributed by atoms with van der Waals surface area (Å²) in [5.74, 6) is -0.301. The van der Waals surface area contributed by atoms with Crippen molar-refractivity contribution in [3.63, 3.8) is 0 Å². The van der Waals surface area contributed by atoms with Crippen LogP contribution in [0.25, 0.3) is 22.2 Å². The van der Waals surface area contributed by atoms with Crippen molar-refractivity contribution in [1.29, 1.82) is 0 Å². The number of aromatic nitrogens is 1. The number of hydrogen-bond donors (Lipinski definition) is 2. The SMILES string of the molecule is Cc1ccc(-c2[nH]c3ccc(F)cc3c2C(N)=S)cc1. The lowest BCUT2D eigenvalue weighted by molar-refractivity contribution is 0.629. The Hall–Kier alpha value is -2.20. The molecular weight excluding hydrogens is 271 g/mol. The fourth-order valence-corrected chi connectivity index (χ4v) is 2.57. The number of rotatable bonds is 2. The lowest BCUT2D eigenvalue weighted by atomic mass is 10.0. The van der Waals surface area contributed by atoms with Crippen LogP contribution in [0.5, 0.6) is 0 Å². The van der Waals surface area contributed by atoms with Crippen molar-refractivity contribution in [3.05, 3.63) is 59.4 Å². The van der Waals surface area contributed by atoms with Crippen molar-refractivity contribution in [1.82, 2.24) is 4.98 Å². The third-order valence-corrected chi connectivity index (χ3v) is 3.55. The van der Waals surface area contributed by atoms with E-state index in [2.05, 4.69) is 4.98 Å². The van der Waals surface area contributed by atoms with Gasteiger partial charge in [-0.1, -0.05) is 42.0 Å². The fourth-order valence-electron chi connectivity index (χ4n) is 2.36. The molecule has 0 amide bonds. The molecule has 1 aromatic heterocycles. The number of halogens is 1. The minimum absolute atomic E-state index is 0.262. The summed E-state index contributed by atoms with van der Waals surface area (Å²) in [4.78, 5) is 3.54. The lowest BCUT2D eigenvalue weighted by Crippen LogP contribution is -2.10. The highest BCUT2D eigenvalue weighted by Gasteiger charge is 2.15. The molecule has 0 atom stereocenters. The maximum atomic E-state index is 13.4. The minimum atomic E-state index is -0.301. The second-order valence-corrected chi connectivity index (χ2v) is 5.24. The average molecular weight is 284 g/mol. The summed E-state index contributed by atoms with van der Waals surface area (Å²) in [6, 6.07) is 12.6. The Kier molecular flexibility index (Phi) is 3.03. The molecule has 1 heterocycles. The number of benzene rings is 2. The van der Waals surface area contributed by atoms with Gasteiger partial charge in [-0.25, -0.2) is 4.39 Å². The molecule has 0 unspecified atom stereocenters. The normalized spacial score (nSPS) is 10.9. The number of fused-ring (bicyclic) bond motifs is 1. The lowest BCUT2D eigenvalue weighted by Gasteiger charge is -2.04. The number of nitrogens with two attached hydrogens (primary N) is 1. The van der Waals surface area contributed by atoms with Gasteiger partial charge >= 0.3 is 0 Å². The van der Waals surface area contributed by atoms with Gasteiger partial charge in [0, 0.05) is 16.5 Å². The average Bonchev–Trinajstić information content (AvgIpc) is 2.78. The van der Waals surface area contributed by atoms with E-state index in [0.29, 0.717) is 10.9 Å². The van der Waals surface area contributed by atoms with Crippen molar-refractivity contribution in [2.45, 2.75) is 6.92 Å². The highest BCUT2D eigenvalue weighted by molar-refractivity contribution is 7.80. The number of aromatic amines is 1. The second-order valence-electron chi connectivity index (χ2n) is 4.80. The Morgan fingerprint density at radius 1 is 1.15 bits per heavy atom. The zero-order valence-corrected chi connectivity index (χ0v) is 11.7. The number of H-pyrrole nitrogens is 1. The molecule has 0 fully saturated rings. The molecule has 100 valence electrons. The largest absolute Gasteiger partial charge is 0.389 e. The molecule has 0 bridgehead atoms. The van der Waals surface area contributed by atoms with Gasteiger partial charge in [-0.2, -0.15) is 0 Å². The van der Waals surface area contributed by atoms with Crippen molar-refractivity contribution < 1.29 is 4.39 Å². The summed E-state index contributed by atoms with van der Waals surface area (Å²) in [5, 5.41) is 0.716. The Labute approximate surface area is 121 Å². The molecule has 0 saturated heterocycles. The predicted octanol–water partition coefficient (Wildman–Crippen LogP) is 3.92. The van der Waals surface area contributed by atoms with E-state index in [1.54, 1.807) is 6.07 Å². The molecule has 20 heavy (non-hydrogen) atoms. The summed E-state index contributed by atoms with van der Waals surface area (Å²) in [5.41, 5.74) is 10.3. The number of hydrogen-bond acceptors (Lipinski definition) is 1. The van der Waals surface area contributed by atoms with E-state index in [9.17, 15) is 4.39 Å². The van der Waals surface area contributed by atoms with Crippen molar-refractivity contribution in [3.8, 4) is 11.3 Å². The van der Waals surface area contributed by atoms with Gasteiger partial charge in [0.2, 0.25) is 0 Å². The van der Waals surface area contributed by atoms with Crippen molar-refractivity contribution >= 4 is 28.1 Å². The molecule has 0 spiro atoms. The number of thiocarbonyl (C=S) groups is 1. The van der Waals surface area contributed by atoms with Gasteiger partial charge in [0.05, 0.1) is 5.69 Å². The Morgan fingerprint density at radius 3 is 2.50 bits per heavy atom. The van der Waals surface area contributed by atoms with Crippen LogP contribution in [-0.2, 0) is 0 Å². The van der Waals surface area contributed by atoms with Gasteiger partial charge in [0.1, 0.15) is 10.8 Å². The van der Waals surface area contributed by atoms with Crippen LogP contribution < -0.4 is 5.73 Å². The highest BCUT2D eigenvalue weighted by atomic mass is 32.1. The van der Waals surface area contributed by atoms with E-state index in [-0.39, 0.29) is 10.8 Å². The topological polar surface area (TPSA) is 41.8 Å². The zero-order valence-electron chi connectivity index (χ0n) is 10.9. The van der Waals surface area contributed by atoms with Crippen LogP contribution in [0, 0.1) is 12.7 Å². The van der Waals surface area contributed by atoms with E-state index >= 15 is 0 Å². The van der Waals surface area contributed by atoms with Crippen LogP contribution in [0.4, 0.5) is 4.39 Å². The Morgan fingerprint density at radius 2 is 1.85 bits per heavy atom. The van der Waals surface area contributed by atoms with Crippen molar-refractivity contribution in [2.24, 2.45) is 5.73 Å². The van der Waals surface area contributed by atoms with E-state index in [1.807, 2.05) is 31.2 Å². The summed E-state index contributed by atoms with van der Waals surface area (Å²) in [7, 11) is 0. The maximum Gasteiger partial charge on any atom is 0.123 e. The Balaban J connectivity index is 2.32. The molecule has 3 N–H and O–H groups in total. The quantitative estimate of drug-likeness (QED) is 0.700. The molecule has 4 heteroatoms. The van der Waals surface area contributed by atoms with Crippen LogP contribution in [0.1, 0.15) is 11.1 Å². The molecule has 3 rings (SSSR count). The van der Waals surface area contributed by atoms with Crippen LogP contribution in [0.2, 0.25) is 0 Å². The van der Waals surface area contributed by atoms with Gasteiger partial charge < -0.3 is 10.7 Å². The molecule has 0 saturated carbocycles. The van der Waals surface area contributed by atoms with Gasteiger partial charge in [-0.3, -0.25) is 0 Å². The first-order valence-corrected chi connectivity index (χ1v) is 6.65. The standard InChI is InChI=1S/C16H13FN2S/c1-9-2-4-10(5-3-9)15-14(16(18)20)12-8-11(17)6-7-13(12)19-15/h2-8,19H,1H3,(H2,18,20). The number of aryl methyl sites for hydroxylation is 1. The summed E-state index contributed by atoms with van der Waals surface area (Å²) >= 11 is 5.14. The van der Waals surface area contributed by atoms with Crippen LogP contribution in [0.3, 0.4) is 0 Å². The first-order valence-electron chi connectivity index (χ1n) is 6.24. The van der Waals surface area contributed by atoms with Gasteiger partial charge in [-0.15, -0.1) is 0 Å². The molecule has 0 aliphatic heterocycles. The fraction of sp³-hybridized carbons (Fsp3) is 0.0625. The Bertz CT molecular complexity index is 803. The smallest absolute Gasteiger partial charge is 0.123 e. The molecule has 0 aliphatic rings. The van der Waals surface area contributed by atoms with Crippen molar-refractivity contribution in [2.75, 3.05) is 0 Å². The maximum absolute atomic E-state index is 13.4. The zero-order chi connectivity index (χ0) is 14.3. The van der Waals surface area contributed by atoms with Gasteiger partial charge in [-0.05, 0) is 30.7 Å². The third kappa shape index (κ3) is 2.08. The summed E-state index contributed by atoms with van der Waals surface area (Å²) < 4.78 is 13.4. The van der Waals surface area contributed by atoms with Crippen LogP contribution in [-0.4, -0.2) is 9.97 Å². The highest BCUT2D eigenvalue weighted by Crippen LogP contribution is 2.30. The summed E-state index contributed by atoms with van der Waals surface area (Å²) in [6.45, 7) is 2.03. The van der Waals surface area contributed by atoms with E-state index in [4.69, 9.17) is 18.0 Å². The first kappa shape index (κ1) is 12.8. The summed E-state index contributed by atoms with van der Waals surface area (Å²) in [6.07, 6.45) is 0. The monoisotopic (exact) mass is 284 g/mol. The molecule has 2 aromatic carbocycles. The first-order chi connectivity index (χ1) is 9.56. The van der Waals surface area contributed by atoms with E-state index in [0.717, 1.165) is 16.8 Å².